The normalized spacial score (nSPS) is 15.0. The van der Waals surface area contributed by atoms with E-state index in [-0.39, 0.29) is 5.88 Å². The lowest BCUT2D eigenvalue weighted by atomic mass is 10.1. The third kappa shape index (κ3) is 2.44. The van der Waals surface area contributed by atoms with E-state index in [1.807, 2.05) is 36.4 Å². The van der Waals surface area contributed by atoms with Gasteiger partial charge in [0.25, 0.3) is 0 Å². The highest BCUT2D eigenvalue weighted by Crippen LogP contribution is 2.35. The zero-order valence-corrected chi connectivity index (χ0v) is 14.0. The van der Waals surface area contributed by atoms with Gasteiger partial charge in [0.2, 0.25) is 11.8 Å². The number of ether oxygens (including phenoxy) is 1. The summed E-state index contributed by atoms with van der Waals surface area (Å²) in [5.74, 6) is 0.693. The summed E-state index contributed by atoms with van der Waals surface area (Å²) in [6.45, 7) is 2.84. The molecule has 3 aromatic heterocycles. The second kappa shape index (κ2) is 5.96. The number of pyridine rings is 1. The molecule has 1 aliphatic rings. The summed E-state index contributed by atoms with van der Waals surface area (Å²) in [7, 11) is 0. The average Bonchev–Trinajstić information content (AvgIpc) is 3.03. The van der Waals surface area contributed by atoms with Gasteiger partial charge in [-0.25, -0.2) is 15.0 Å². The number of hydrogen-bond donors (Lipinski definition) is 2. The number of nitrogens with zero attached hydrogens (tertiary/aromatic N) is 4. The molecule has 0 radical (unpaired) electrons. The molecule has 4 aromatic rings. The number of anilines is 1. The summed E-state index contributed by atoms with van der Waals surface area (Å²) < 4.78 is 5.39. The van der Waals surface area contributed by atoms with E-state index in [0.29, 0.717) is 41.5 Å². The molecule has 26 heavy (non-hydrogen) atoms. The summed E-state index contributed by atoms with van der Waals surface area (Å²) >= 11 is 0. The lowest BCUT2D eigenvalue weighted by Crippen LogP contribution is -2.37. The van der Waals surface area contributed by atoms with Crippen molar-refractivity contribution in [3.8, 4) is 17.1 Å². The van der Waals surface area contributed by atoms with Crippen molar-refractivity contribution in [2.45, 2.75) is 0 Å². The quantitative estimate of drug-likeness (QED) is 0.580. The molecule has 0 spiro atoms. The van der Waals surface area contributed by atoms with E-state index >= 15 is 0 Å². The van der Waals surface area contributed by atoms with E-state index in [4.69, 9.17) is 14.7 Å². The molecule has 7 nitrogen and oxygen atoms in total. The fourth-order valence-corrected chi connectivity index (χ4v) is 3.32. The largest absolute Gasteiger partial charge is 0.494 e. The number of nitrogens with one attached hydrogen (secondary N) is 1. The smallest absolute Gasteiger partial charge is 0.226 e. The van der Waals surface area contributed by atoms with Gasteiger partial charge in [-0.1, -0.05) is 24.3 Å². The lowest BCUT2D eigenvalue weighted by Gasteiger charge is -2.26. The number of rotatable bonds is 2. The first-order valence-electron chi connectivity index (χ1n) is 8.56. The monoisotopic (exact) mass is 347 g/mol. The van der Waals surface area contributed by atoms with Gasteiger partial charge in [-0.2, -0.15) is 0 Å². The second-order valence-electron chi connectivity index (χ2n) is 6.27. The highest BCUT2D eigenvalue weighted by molar-refractivity contribution is 5.96. The molecule has 2 N–H and O–H groups in total. The molecule has 1 fully saturated rings. The number of H-pyrrole nitrogens is 1. The van der Waals surface area contributed by atoms with Crippen molar-refractivity contribution in [2.75, 3.05) is 31.2 Å². The van der Waals surface area contributed by atoms with Crippen LogP contribution in [0.25, 0.3) is 33.2 Å². The maximum absolute atomic E-state index is 10.5. The molecule has 0 amide bonds. The molecular formula is C19H17N5O2. The van der Waals surface area contributed by atoms with Gasteiger partial charge >= 0.3 is 0 Å². The van der Waals surface area contributed by atoms with Gasteiger partial charge in [-0.3, -0.25) is 0 Å². The molecule has 5 rings (SSSR count). The van der Waals surface area contributed by atoms with Crippen LogP contribution in [0.4, 0.5) is 5.95 Å². The van der Waals surface area contributed by atoms with Crippen LogP contribution < -0.4 is 4.90 Å². The number of fused-ring (bicyclic) bond motifs is 2. The SMILES string of the molecule is Oc1[nH]c2cnc(N3CCOCC3)nc2c1-c1ccc2ccccc2n1. The molecule has 1 saturated heterocycles. The molecular weight excluding hydrogens is 330 g/mol. The first-order chi connectivity index (χ1) is 12.8. The van der Waals surface area contributed by atoms with Crippen LogP contribution in [0, 0.1) is 0 Å². The first kappa shape index (κ1) is 15.1. The number of aromatic amines is 1. The van der Waals surface area contributed by atoms with E-state index in [0.717, 1.165) is 24.0 Å². The van der Waals surface area contributed by atoms with Crippen LogP contribution >= 0.6 is 0 Å². The van der Waals surface area contributed by atoms with Gasteiger partial charge in [-0.15, -0.1) is 0 Å². The number of hydrogen-bond acceptors (Lipinski definition) is 6. The molecule has 1 aliphatic heterocycles. The predicted octanol–water partition coefficient (Wildman–Crippen LogP) is 2.72. The highest BCUT2D eigenvalue weighted by atomic mass is 16.5. The van der Waals surface area contributed by atoms with Crippen LogP contribution in [0.3, 0.4) is 0 Å². The zero-order valence-electron chi connectivity index (χ0n) is 14.0. The van der Waals surface area contributed by atoms with E-state index < -0.39 is 0 Å². The Hall–Kier alpha value is -3.19. The van der Waals surface area contributed by atoms with Crippen molar-refractivity contribution in [3.05, 3.63) is 42.6 Å². The molecule has 4 heterocycles. The first-order valence-corrected chi connectivity index (χ1v) is 8.56. The standard InChI is InChI=1S/C19H17N5O2/c25-18-16(14-6-5-12-3-1-2-4-13(12)21-14)17-15(22-18)11-20-19(23-17)24-7-9-26-10-8-24/h1-6,11,22,25H,7-10H2. The highest BCUT2D eigenvalue weighted by Gasteiger charge is 2.20. The maximum atomic E-state index is 10.5. The number of aromatic nitrogens is 4. The van der Waals surface area contributed by atoms with E-state index in [1.54, 1.807) is 6.20 Å². The average molecular weight is 347 g/mol. The maximum Gasteiger partial charge on any atom is 0.226 e. The molecule has 0 atom stereocenters. The minimum Gasteiger partial charge on any atom is -0.494 e. The Morgan fingerprint density at radius 2 is 1.88 bits per heavy atom. The predicted molar refractivity (Wildman–Crippen MR) is 99.3 cm³/mol. The van der Waals surface area contributed by atoms with E-state index in [1.165, 1.54) is 0 Å². The molecule has 0 aliphatic carbocycles. The Bertz CT molecular complexity index is 1100. The summed E-state index contributed by atoms with van der Waals surface area (Å²) in [6, 6.07) is 11.8. The van der Waals surface area contributed by atoms with Gasteiger partial charge in [-0.05, 0) is 12.1 Å². The topological polar surface area (TPSA) is 87.2 Å². The van der Waals surface area contributed by atoms with Gasteiger partial charge in [0, 0.05) is 18.5 Å². The van der Waals surface area contributed by atoms with Crippen LogP contribution in [-0.2, 0) is 4.74 Å². The third-order valence-corrected chi connectivity index (χ3v) is 4.65. The van der Waals surface area contributed by atoms with Crippen molar-refractivity contribution in [2.24, 2.45) is 0 Å². The minimum absolute atomic E-state index is 0.0520. The Labute approximate surface area is 149 Å². The van der Waals surface area contributed by atoms with Gasteiger partial charge in [0.05, 0.1) is 41.7 Å². The van der Waals surface area contributed by atoms with Crippen LogP contribution in [0.1, 0.15) is 0 Å². The molecule has 1 aromatic carbocycles. The summed E-state index contributed by atoms with van der Waals surface area (Å²) in [5.41, 5.74) is 3.51. The summed E-state index contributed by atoms with van der Waals surface area (Å²) in [5, 5.41) is 11.5. The Balaban J connectivity index is 1.66. The Morgan fingerprint density at radius 3 is 2.77 bits per heavy atom. The molecule has 7 heteroatoms. The third-order valence-electron chi connectivity index (χ3n) is 4.65. The van der Waals surface area contributed by atoms with Gasteiger partial charge in [0.1, 0.15) is 5.52 Å². The summed E-state index contributed by atoms with van der Waals surface area (Å²) in [4.78, 5) is 18.9. The second-order valence-corrected chi connectivity index (χ2v) is 6.27. The summed E-state index contributed by atoms with van der Waals surface area (Å²) in [6.07, 6.45) is 1.71. The van der Waals surface area contributed by atoms with Crippen LogP contribution in [0.2, 0.25) is 0 Å². The fourth-order valence-electron chi connectivity index (χ4n) is 3.32. The van der Waals surface area contributed by atoms with Crippen LogP contribution in [0.15, 0.2) is 42.6 Å². The number of morpholine rings is 1. The van der Waals surface area contributed by atoms with Crippen molar-refractivity contribution in [1.29, 1.82) is 0 Å². The molecule has 0 unspecified atom stereocenters. The molecule has 130 valence electrons. The van der Waals surface area contributed by atoms with Crippen molar-refractivity contribution in [1.82, 2.24) is 19.9 Å². The van der Waals surface area contributed by atoms with Crippen molar-refractivity contribution < 1.29 is 9.84 Å². The fraction of sp³-hybridized carbons (Fsp3) is 0.211. The number of aromatic hydroxyl groups is 1. The lowest BCUT2D eigenvalue weighted by molar-refractivity contribution is 0.122. The van der Waals surface area contributed by atoms with Crippen molar-refractivity contribution in [3.63, 3.8) is 0 Å². The Morgan fingerprint density at radius 1 is 1.04 bits per heavy atom. The van der Waals surface area contributed by atoms with Gasteiger partial charge in [0.15, 0.2) is 0 Å². The minimum atomic E-state index is 0.0520. The van der Waals surface area contributed by atoms with E-state index in [9.17, 15) is 5.11 Å². The molecule has 0 saturated carbocycles. The van der Waals surface area contributed by atoms with Gasteiger partial charge < -0.3 is 19.7 Å². The number of benzene rings is 1. The van der Waals surface area contributed by atoms with Crippen molar-refractivity contribution >= 4 is 27.9 Å². The number of para-hydroxylation sites is 1. The molecule has 0 bridgehead atoms. The Kier molecular flexibility index (Phi) is 3.46. The van der Waals surface area contributed by atoms with Crippen LogP contribution in [-0.4, -0.2) is 51.3 Å². The van der Waals surface area contributed by atoms with Crippen LogP contribution in [0.5, 0.6) is 5.88 Å². The van der Waals surface area contributed by atoms with E-state index in [2.05, 4.69) is 14.9 Å². The zero-order chi connectivity index (χ0) is 17.5.